The number of anilines is 1. The first-order valence-corrected chi connectivity index (χ1v) is 6.79. The fourth-order valence-electron chi connectivity index (χ4n) is 2.34. The molecular formula is C14H17N3O5. The van der Waals surface area contributed by atoms with Crippen LogP contribution in [0.2, 0.25) is 0 Å². The Kier molecular flexibility index (Phi) is 4.59. The van der Waals surface area contributed by atoms with Crippen molar-refractivity contribution < 1.29 is 19.2 Å². The Morgan fingerprint density at radius 3 is 2.82 bits per heavy atom. The summed E-state index contributed by atoms with van der Waals surface area (Å²) in [6.07, 6.45) is 0.942. The maximum atomic E-state index is 11.7. The van der Waals surface area contributed by atoms with E-state index in [-0.39, 0.29) is 35.3 Å². The number of benzene rings is 1. The standard InChI is InChI=1S/C14H17N3O5/c1-16-6-5-10(8-13(16)18)15-11-7-9(14(19)22-2)3-4-12(11)17(20)21/h3-4,7,10,15H,5-6,8H2,1-2H3. The first-order chi connectivity index (χ1) is 10.4. The summed E-state index contributed by atoms with van der Waals surface area (Å²) in [7, 11) is 2.96. The minimum absolute atomic E-state index is 0.0180. The molecule has 1 fully saturated rings. The normalized spacial score (nSPS) is 18.0. The van der Waals surface area contributed by atoms with E-state index in [9.17, 15) is 19.7 Å². The molecule has 1 aliphatic heterocycles. The quantitative estimate of drug-likeness (QED) is 0.512. The number of nitrogens with zero attached hydrogens (tertiary/aromatic N) is 2. The van der Waals surface area contributed by atoms with Crippen LogP contribution >= 0.6 is 0 Å². The lowest BCUT2D eigenvalue weighted by molar-refractivity contribution is -0.384. The molecule has 1 amide bonds. The maximum absolute atomic E-state index is 11.7. The van der Waals surface area contributed by atoms with Gasteiger partial charge in [0.2, 0.25) is 5.91 Å². The molecule has 0 spiro atoms. The highest BCUT2D eigenvalue weighted by Crippen LogP contribution is 2.28. The molecule has 8 nitrogen and oxygen atoms in total. The predicted molar refractivity (Wildman–Crippen MR) is 78.7 cm³/mol. The van der Waals surface area contributed by atoms with Crippen LogP contribution in [0.5, 0.6) is 0 Å². The minimum atomic E-state index is -0.572. The molecule has 1 atom stereocenters. The summed E-state index contributed by atoms with van der Waals surface area (Å²) >= 11 is 0. The molecule has 1 saturated heterocycles. The van der Waals surface area contributed by atoms with Gasteiger partial charge >= 0.3 is 5.97 Å². The Labute approximate surface area is 127 Å². The highest BCUT2D eigenvalue weighted by molar-refractivity contribution is 5.91. The number of hydrogen-bond donors (Lipinski definition) is 1. The Morgan fingerprint density at radius 1 is 1.50 bits per heavy atom. The molecule has 1 N–H and O–H groups in total. The van der Waals surface area contributed by atoms with Crippen molar-refractivity contribution in [2.45, 2.75) is 18.9 Å². The molecule has 0 bridgehead atoms. The minimum Gasteiger partial charge on any atom is -0.465 e. The highest BCUT2D eigenvalue weighted by atomic mass is 16.6. The van der Waals surface area contributed by atoms with Gasteiger partial charge in [-0.15, -0.1) is 0 Å². The van der Waals surface area contributed by atoms with Gasteiger partial charge in [-0.25, -0.2) is 4.79 Å². The third-order valence-corrected chi connectivity index (χ3v) is 3.63. The van der Waals surface area contributed by atoms with Crippen LogP contribution in [0.25, 0.3) is 0 Å². The number of rotatable bonds is 4. The van der Waals surface area contributed by atoms with Crippen molar-refractivity contribution in [1.29, 1.82) is 0 Å². The molecule has 1 heterocycles. The molecule has 1 aromatic carbocycles. The second kappa shape index (κ2) is 6.42. The van der Waals surface area contributed by atoms with Crippen molar-refractivity contribution in [1.82, 2.24) is 4.90 Å². The van der Waals surface area contributed by atoms with Crippen LogP contribution in [-0.2, 0) is 9.53 Å². The van der Waals surface area contributed by atoms with Crippen molar-refractivity contribution in [3.63, 3.8) is 0 Å². The van der Waals surface area contributed by atoms with Gasteiger partial charge in [-0.05, 0) is 18.6 Å². The van der Waals surface area contributed by atoms with Crippen molar-refractivity contribution in [2.75, 3.05) is 26.0 Å². The van der Waals surface area contributed by atoms with E-state index in [1.165, 1.54) is 25.3 Å². The molecule has 0 aromatic heterocycles. The van der Waals surface area contributed by atoms with Gasteiger partial charge in [0, 0.05) is 32.1 Å². The van der Waals surface area contributed by atoms with Crippen molar-refractivity contribution in [3.05, 3.63) is 33.9 Å². The third kappa shape index (κ3) is 3.33. The Balaban J connectivity index is 2.25. The summed E-state index contributed by atoms with van der Waals surface area (Å²) in [5, 5.41) is 14.1. The summed E-state index contributed by atoms with van der Waals surface area (Å²) in [4.78, 5) is 35.5. The molecule has 1 unspecified atom stereocenters. The van der Waals surface area contributed by atoms with Crippen molar-refractivity contribution in [3.8, 4) is 0 Å². The lowest BCUT2D eigenvalue weighted by Crippen LogP contribution is -2.41. The first kappa shape index (κ1) is 15.7. The van der Waals surface area contributed by atoms with Gasteiger partial charge in [-0.3, -0.25) is 14.9 Å². The number of amides is 1. The molecule has 22 heavy (non-hydrogen) atoms. The van der Waals surface area contributed by atoms with E-state index >= 15 is 0 Å². The molecule has 1 aromatic rings. The summed E-state index contributed by atoms with van der Waals surface area (Å²) in [5.74, 6) is -0.590. The summed E-state index contributed by atoms with van der Waals surface area (Å²) in [5.41, 5.74) is 0.295. The highest BCUT2D eigenvalue weighted by Gasteiger charge is 2.26. The first-order valence-electron chi connectivity index (χ1n) is 6.79. The second-order valence-electron chi connectivity index (χ2n) is 5.13. The lowest BCUT2D eigenvalue weighted by Gasteiger charge is -2.29. The average Bonchev–Trinajstić information content (AvgIpc) is 2.49. The van der Waals surface area contributed by atoms with Gasteiger partial charge in [0.15, 0.2) is 0 Å². The summed E-state index contributed by atoms with van der Waals surface area (Å²) in [6, 6.07) is 3.78. The van der Waals surface area contributed by atoms with E-state index < -0.39 is 10.9 Å². The Hall–Kier alpha value is -2.64. The van der Waals surface area contributed by atoms with Crippen molar-refractivity contribution in [2.24, 2.45) is 0 Å². The van der Waals surface area contributed by atoms with Gasteiger partial charge in [0.05, 0.1) is 17.6 Å². The number of methoxy groups -OCH3 is 1. The second-order valence-corrected chi connectivity index (χ2v) is 5.13. The van der Waals surface area contributed by atoms with Crippen LogP contribution in [0.15, 0.2) is 18.2 Å². The molecule has 0 aliphatic carbocycles. The van der Waals surface area contributed by atoms with Crippen LogP contribution in [0, 0.1) is 10.1 Å². The van der Waals surface area contributed by atoms with E-state index in [1.807, 2.05) is 0 Å². The Morgan fingerprint density at radius 2 is 2.23 bits per heavy atom. The fourth-order valence-corrected chi connectivity index (χ4v) is 2.34. The van der Waals surface area contributed by atoms with Gasteiger partial charge in [-0.2, -0.15) is 0 Å². The topological polar surface area (TPSA) is 102 Å². The van der Waals surface area contributed by atoms with Gasteiger partial charge in [0.1, 0.15) is 5.69 Å². The van der Waals surface area contributed by atoms with E-state index in [2.05, 4.69) is 10.1 Å². The largest absolute Gasteiger partial charge is 0.465 e. The van der Waals surface area contributed by atoms with E-state index in [1.54, 1.807) is 11.9 Å². The van der Waals surface area contributed by atoms with E-state index in [4.69, 9.17) is 0 Å². The van der Waals surface area contributed by atoms with Crippen LogP contribution in [0.4, 0.5) is 11.4 Å². The molecule has 0 saturated carbocycles. The lowest BCUT2D eigenvalue weighted by atomic mass is 10.0. The van der Waals surface area contributed by atoms with Crippen LogP contribution in [0.3, 0.4) is 0 Å². The summed E-state index contributed by atoms with van der Waals surface area (Å²) < 4.78 is 4.62. The Bertz CT molecular complexity index is 616. The zero-order valence-corrected chi connectivity index (χ0v) is 12.4. The third-order valence-electron chi connectivity index (χ3n) is 3.63. The monoisotopic (exact) mass is 307 g/mol. The number of likely N-dealkylation sites (tertiary alicyclic amines) is 1. The van der Waals surface area contributed by atoms with Gasteiger partial charge < -0.3 is 15.0 Å². The number of carbonyl (C=O) groups is 2. The molecule has 2 rings (SSSR count). The summed E-state index contributed by atoms with van der Waals surface area (Å²) in [6.45, 7) is 0.584. The maximum Gasteiger partial charge on any atom is 0.337 e. The number of ether oxygens (including phenoxy) is 1. The smallest absolute Gasteiger partial charge is 0.337 e. The molecule has 0 radical (unpaired) electrons. The zero-order chi connectivity index (χ0) is 16.3. The molecule has 8 heteroatoms. The predicted octanol–water partition coefficient (Wildman–Crippen LogP) is 1.41. The number of hydrogen-bond acceptors (Lipinski definition) is 6. The van der Waals surface area contributed by atoms with Gasteiger partial charge in [-0.1, -0.05) is 0 Å². The van der Waals surface area contributed by atoms with Crippen molar-refractivity contribution >= 4 is 23.3 Å². The number of nitro benzene ring substituents is 1. The molecule has 118 valence electrons. The molecular weight excluding hydrogens is 290 g/mol. The fraction of sp³-hybridized carbons (Fsp3) is 0.429. The van der Waals surface area contributed by atoms with Crippen LogP contribution in [0.1, 0.15) is 23.2 Å². The van der Waals surface area contributed by atoms with E-state index in [0.29, 0.717) is 13.0 Å². The number of piperidine rings is 1. The van der Waals surface area contributed by atoms with Gasteiger partial charge in [0.25, 0.3) is 5.69 Å². The van der Waals surface area contributed by atoms with Crippen LogP contribution in [-0.4, -0.2) is 48.4 Å². The number of nitrogens with one attached hydrogen (secondary N) is 1. The van der Waals surface area contributed by atoms with Crippen LogP contribution < -0.4 is 5.32 Å². The zero-order valence-electron chi connectivity index (χ0n) is 12.4. The number of nitro groups is 1. The average molecular weight is 307 g/mol. The van der Waals surface area contributed by atoms with E-state index in [0.717, 1.165) is 0 Å². The molecule has 1 aliphatic rings. The number of carbonyl (C=O) groups excluding carboxylic acids is 2. The SMILES string of the molecule is COC(=O)c1ccc([N+](=O)[O-])c(NC2CCN(C)C(=O)C2)c1. The number of esters is 1.